The van der Waals surface area contributed by atoms with Crippen molar-refractivity contribution in [3.63, 3.8) is 0 Å². The highest BCUT2D eigenvalue weighted by Crippen LogP contribution is 2.17. The van der Waals surface area contributed by atoms with Crippen LogP contribution in [0.4, 0.5) is 5.69 Å². The van der Waals surface area contributed by atoms with Crippen LogP contribution in [0.3, 0.4) is 0 Å². The maximum absolute atomic E-state index is 12.1. The molecule has 0 heterocycles. The van der Waals surface area contributed by atoms with Crippen molar-refractivity contribution in [1.82, 2.24) is 10.6 Å². The Labute approximate surface area is 164 Å². The molecule has 148 valence electrons. The standard InChI is InChI=1S/C21H25N3O4/c1-14-8-7-11-18(15(14)2)24-19(25)12-22-21(27)16(3)23-20(26)13-28-17-9-5-4-6-10-17/h4-11,16H,12-13H2,1-3H3,(H,22,27)(H,23,26)(H,24,25). The number of carbonyl (C=O) groups is 3. The van der Waals surface area contributed by atoms with E-state index in [4.69, 9.17) is 4.74 Å². The monoisotopic (exact) mass is 383 g/mol. The van der Waals surface area contributed by atoms with Crippen molar-refractivity contribution in [2.45, 2.75) is 26.8 Å². The van der Waals surface area contributed by atoms with Gasteiger partial charge in [-0.2, -0.15) is 0 Å². The molecule has 0 saturated heterocycles. The number of hydrogen-bond donors (Lipinski definition) is 3. The summed E-state index contributed by atoms with van der Waals surface area (Å²) in [6.07, 6.45) is 0. The van der Waals surface area contributed by atoms with E-state index < -0.39 is 17.9 Å². The molecule has 0 bridgehead atoms. The molecule has 28 heavy (non-hydrogen) atoms. The van der Waals surface area contributed by atoms with Gasteiger partial charge in [0.05, 0.1) is 6.54 Å². The first kappa shape index (κ1) is 21.0. The first-order valence-electron chi connectivity index (χ1n) is 8.98. The van der Waals surface area contributed by atoms with Crippen molar-refractivity contribution in [2.24, 2.45) is 0 Å². The van der Waals surface area contributed by atoms with E-state index in [-0.39, 0.29) is 19.1 Å². The molecule has 0 radical (unpaired) electrons. The minimum absolute atomic E-state index is 0.188. The number of benzene rings is 2. The lowest BCUT2D eigenvalue weighted by molar-refractivity contribution is -0.130. The number of para-hydroxylation sites is 1. The van der Waals surface area contributed by atoms with Gasteiger partial charge < -0.3 is 20.7 Å². The van der Waals surface area contributed by atoms with Crippen LogP contribution in [-0.2, 0) is 14.4 Å². The first-order chi connectivity index (χ1) is 13.4. The van der Waals surface area contributed by atoms with Crippen molar-refractivity contribution in [3.05, 3.63) is 59.7 Å². The van der Waals surface area contributed by atoms with Crippen LogP contribution in [0.1, 0.15) is 18.1 Å². The summed E-state index contributed by atoms with van der Waals surface area (Å²) in [4.78, 5) is 36.0. The maximum Gasteiger partial charge on any atom is 0.258 e. The Morgan fingerprint density at radius 3 is 2.39 bits per heavy atom. The predicted octanol–water partition coefficient (Wildman–Crippen LogP) is 1.94. The van der Waals surface area contributed by atoms with E-state index in [0.29, 0.717) is 11.4 Å². The molecule has 2 rings (SSSR count). The quantitative estimate of drug-likeness (QED) is 0.649. The SMILES string of the molecule is Cc1cccc(NC(=O)CNC(=O)C(C)NC(=O)COc2ccccc2)c1C. The largest absolute Gasteiger partial charge is 0.484 e. The van der Waals surface area contributed by atoms with Crippen LogP contribution >= 0.6 is 0 Å². The van der Waals surface area contributed by atoms with E-state index in [0.717, 1.165) is 11.1 Å². The van der Waals surface area contributed by atoms with Gasteiger partial charge in [0.2, 0.25) is 11.8 Å². The molecule has 0 aromatic heterocycles. The molecule has 3 amide bonds. The average molecular weight is 383 g/mol. The zero-order chi connectivity index (χ0) is 20.5. The molecule has 0 spiro atoms. The normalized spacial score (nSPS) is 11.2. The molecular weight excluding hydrogens is 358 g/mol. The van der Waals surface area contributed by atoms with E-state index in [9.17, 15) is 14.4 Å². The van der Waals surface area contributed by atoms with Crippen molar-refractivity contribution in [1.29, 1.82) is 0 Å². The smallest absolute Gasteiger partial charge is 0.258 e. The molecule has 3 N–H and O–H groups in total. The number of anilines is 1. The molecule has 7 nitrogen and oxygen atoms in total. The zero-order valence-electron chi connectivity index (χ0n) is 16.2. The lowest BCUT2D eigenvalue weighted by atomic mass is 10.1. The zero-order valence-corrected chi connectivity index (χ0v) is 16.2. The molecule has 0 saturated carbocycles. The lowest BCUT2D eigenvalue weighted by Crippen LogP contribution is -2.47. The highest BCUT2D eigenvalue weighted by Gasteiger charge is 2.17. The minimum atomic E-state index is -0.791. The average Bonchev–Trinajstić information content (AvgIpc) is 2.68. The van der Waals surface area contributed by atoms with Crippen LogP contribution < -0.4 is 20.7 Å². The Balaban J connectivity index is 1.73. The Bertz CT molecular complexity index is 837. The summed E-state index contributed by atoms with van der Waals surface area (Å²) >= 11 is 0. The fraction of sp³-hybridized carbons (Fsp3) is 0.286. The van der Waals surface area contributed by atoms with Crippen LogP contribution in [0.15, 0.2) is 48.5 Å². The van der Waals surface area contributed by atoms with E-state index in [1.807, 2.05) is 32.0 Å². The van der Waals surface area contributed by atoms with Crippen molar-refractivity contribution in [2.75, 3.05) is 18.5 Å². The van der Waals surface area contributed by atoms with Crippen molar-refractivity contribution < 1.29 is 19.1 Å². The van der Waals surface area contributed by atoms with Gasteiger partial charge in [-0.1, -0.05) is 30.3 Å². The molecule has 0 aliphatic heterocycles. The van der Waals surface area contributed by atoms with Gasteiger partial charge in [0.1, 0.15) is 11.8 Å². The summed E-state index contributed by atoms with van der Waals surface area (Å²) in [6.45, 7) is 5.03. The van der Waals surface area contributed by atoms with Gasteiger partial charge in [-0.3, -0.25) is 14.4 Å². The molecule has 2 aromatic carbocycles. The summed E-state index contributed by atoms with van der Waals surface area (Å²) in [5.41, 5.74) is 2.75. The van der Waals surface area contributed by atoms with Crippen LogP contribution in [-0.4, -0.2) is 36.9 Å². The Kier molecular flexibility index (Phi) is 7.56. The number of hydrogen-bond acceptors (Lipinski definition) is 4. The van der Waals surface area contributed by atoms with Crippen molar-refractivity contribution in [3.8, 4) is 5.75 Å². The van der Waals surface area contributed by atoms with Crippen LogP contribution in [0.25, 0.3) is 0 Å². The topological polar surface area (TPSA) is 96.5 Å². The highest BCUT2D eigenvalue weighted by molar-refractivity contribution is 5.96. The third kappa shape index (κ3) is 6.42. The van der Waals surface area contributed by atoms with E-state index in [2.05, 4.69) is 16.0 Å². The van der Waals surface area contributed by atoms with Gasteiger partial charge in [0.25, 0.3) is 5.91 Å². The molecule has 1 atom stereocenters. The van der Waals surface area contributed by atoms with Gasteiger partial charge in [-0.25, -0.2) is 0 Å². The van der Waals surface area contributed by atoms with Crippen LogP contribution in [0.5, 0.6) is 5.75 Å². The second-order valence-corrected chi connectivity index (χ2v) is 6.40. The minimum Gasteiger partial charge on any atom is -0.484 e. The molecule has 0 aliphatic carbocycles. The molecule has 7 heteroatoms. The van der Waals surface area contributed by atoms with Gasteiger partial charge in [-0.15, -0.1) is 0 Å². The fourth-order valence-corrected chi connectivity index (χ4v) is 2.42. The number of nitrogens with one attached hydrogen (secondary N) is 3. The van der Waals surface area contributed by atoms with Crippen LogP contribution in [0, 0.1) is 13.8 Å². The van der Waals surface area contributed by atoms with Gasteiger partial charge in [0.15, 0.2) is 6.61 Å². The second kappa shape index (κ2) is 10.1. The third-order valence-corrected chi connectivity index (χ3v) is 4.19. The third-order valence-electron chi connectivity index (χ3n) is 4.19. The second-order valence-electron chi connectivity index (χ2n) is 6.40. The van der Waals surface area contributed by atoms with Crippen molar-refractivity contribution >= 4 is 23.4 Å². The molecule has 1 unspecified atom stereocenters. The van der Waals surface area contributed by atoms with Gasteiger partial charge in [0, 0.05) is 5.69 Å². The predicted molar refractivity (Wildman–Crippen MR) is 107 cm³/mol. The number of ether oxygens (including phenoxy) is 1. The Morgan fingerprint density at radius 2 is 1.68 bits per heavy atom. The summed E-state index contributed by atoms with van der Waals surface area (Å²) in [6, 6.07) is 13.7. The van der Waals surface area contributed by atoms with Crippen LogP contribution in [0.2, 0.25) is 0 Å². The molecule has 0 fully saturated rings. The van der Waals surface area contributed by atoms with E-state index in [1.165, 1.54) is 0 Å². The van der Waals surface area contributed by atoms with E-state index >= 15 is 0 Å². The molecule has 0 aliphatic rings. The summed E-state index contributed by atoms with van der Waals surface area (Å²) in [5.74, 6) is -0.652. The highest BCUT2D eigenvalue weighted by atomic mass is 16.5. The summed E-state index contributed by atoms with van der Waals surface area (Å²) in [5, 5.41) is 7.80. The van der Waals surface area contributed by atoms with Gasteiger partial charge >= 0.3 is 0 Å². The fourth-order valence-electron chi connectivity index (χ4n) is 2.42. The lowest BCUT2D eigenvalue weighted by Gasteiger charge is -2.15. The number of aryl methyl sites for hydroxylation is 1. The summed E-state index contributed by atoms with van der Waals surface area (Å²) in [7, 11) is 0. The Morgan fingerprint density at radius 1 is 0.964 bits per heavy atom. The number of rotatable bonds is 8. The number of carbonyl (C=O) groups excluding carboxylic acids is 3. The number of amides is 3. The van der Waals surface area contributed by atoms with Gasteiger partial charge in [-0.05, 0) is 50.1 Å². The molecule has 2 aromatic rings. The summed E-state index contributed by atoms with van der Waals surface area (Å²) < 4.78 is 5.33. The maximum atomic E-state index is 12.1. The first-order valence-corrected chi connectivity index (χ1v) is 8.98. The Hall–Kier alpha value is -3.35. The molecular formula is C21H25N3O4. The van der Waals surface area contributed by atoms with E-state index in [1.54, 1.807) is 37.3 Å².